The van der Waals surface area contributed by atoms with Gasteiger partial charge in [-0.05, 0) is 31.9 Å². The highest BCUT2D eigenvalue weighted by Gasteiger charge is 2.14. The summed E-state index contributed by atoms with van der Waals surface area (Å²) >= 11 is 5.87. The number of nitrogens with zero attached hydrogens (tertiary/aromatic N) is 2. The molecule has 2 atom stereocenters. The van der Waals surface area contributed by atoms with Crippen LogP contribution in [0, 0.1) is 6.92 Å². The monoisotopic (exact) mass is 265 g/mol. The fourth-order valence-electron chi connectivity index (χ4n) is 1.79. The summed E-state index contributed by atoms with van der Waals surface area (Å²) in [6, 6.07) is 8.69. The Labute approximate surface area is 111 Å². The Bertz CT molecular complexity index is 524. The quantitative estimate of drug-likeness (QED) is 0.853. The van der Waals surface area contributed by atoms with Crippen molar-refractivity contribution in [2.45, 2.75) is 32.2 Å². The molecule has 0 fully saturated rings. The molecule has 1 heterocycles. The van der Waals surface area contributed by atoms with E-state index in [1.807, 2.05) is 12.1 Å². The van der Waals surface area contributed by atoms with E-state index in [4.69, 9.17) is 16.0 Å². The average Bonchev–Trinajstić information content (AvgIpc) is 2.78. The molecule has 2 rings (SSSR count). The lowest BCUT2D eigenvalue weighted by molar-refractivity contribution is 0.501. The van der Waals surface area contributed by atoms with E-state index in [1.165, 1.54) is 11.1 Å². The van der Waals surface area contributed by atoms with E-state index in [-0.39, 0.29) is 11.4 Å². The highest BCUT2D eigenvalue weighted by atomic mass is 35.5. The number of halogens is 1. The van der Waals surface area contributed by atoms with Crippen LogP contribution in [0.2, 0.25) is 0 Å². The molecule has 0 spiro atoms. The first kappa shape index (κ1) is 12.9. The van der Waals surface area contributed by atoms with Gasteiger partial charge in [-0.2, -0.15) is 0 Å². The number of aryl methyl sites for hydroxylation is 1. The molecule has 0 aliphatic rings. The number of rotatable bonds is 4. The van der Waals surface area contributed by atoms with Crippen LogP contribution in [-0.2, 0) is 0 Å². The summed E-state index contributed by atoms with van der Waals surface area (Å²) < 4.78 is 5.41. The van der Waals surface area contributed by atoms with Crippen molar-refractivity contribution in [3.8, 4) is 0 Å². The average molecular weight is 266 g/mol. The van der Waals surface area contributed by atoms with Gasteiger partial charge in [0.25, 0.3) is 0 Å². The molecule has 96 valence electrons. The summed E-state index contributed by atoms with van der Waals surface area (Å²) in [6.45, 7) is 5.92. The van der Waals surface area contributed by atoms with E-state index in [1.54, 1.807) is 6.92 Å². The maximum absolute atomic E-state index is 5.87. The van der Waals surface area contributed by atoms with Crippen LogP contribution in [0.15, 0.2) is 28.7 Å². The minimum absolute atomic E-state index is 0.102. The Kier molecular flexibility index (Phi) is 3.87. The molecule has 4 nitrogen and oxygen atoms in total. The number of hydrogen-bond donors (Lipinski definition) is 1. The third kappa shape index (κ3) is 2.82. The summed E-state index contributed by atoms with van der Waals surface area (Å²) in [4.78, 5) is 0. The zero-order valence-electron chi connectivity index (χ0n) is 10.6. The molecule has 0 saturated carbocycles. The third-order valence-corrected chi connectivity index (χ3v) is 2.96. The van der Waals surface area contributed by atoms with Gasteiger partial charge < -0.3 is 9.73 Å². The summed E-state index contributed by atoms with van der Waals surface area (Å²) in [5, 5.41) is 10.7. The molecule has 1 aromatic carbocycles. The van der Waals surface area contributed by atoms with Gasteiger partial charge in [0.1, 0.15) is 5.38 Å². The Hall–Kier alpha value is -1.55. The number of hydrogen-bond acceptors (Lipinski definition) is 4. The standard InChI is InChI=1S/C13H16ClN3O/c1-8-6-4-5-7-11(8)10(3)15-13-17-16-12(18-13)9(2)14/h4-7,9-10H,1-3H3,(H,15,17). The zero-order valence-corrected chi connectivity index (χ0v) is 11.4. The van der Waals surface area contributed by atoms with E-state index < -0.39 is 0 Å². The van der Waals surface area contributed by atoms with Crippen molar-refractivity contribution in [3.05, 3.63) is 41.3 Å². The van der Waals surface area contributed by atoms with Gasteiger partial charge >= 0.3 is 6.01 Å². The molecule has 0 radical (unpaired) electrons. The Morgan fingerprint density at radius 1 is 1.22 bits per heavy atom. The van der Waals surface area contributed by atoms with Crippen LogP contribution in [0.4, 0.5) is 6.01 Å². The molecule has 0 amide bonds. The van der Waals surface area contributed by atoms with Gasteiger partial charge in [-0.3, -0.25) is 0 Å². The van der Waals surface area contributed by atoms with Crippen LogP contribution in [0.3, 0.4) is 0 Å². The minimum Gasteiger partial charge on any atom is -0.406 e. The van der Waals surface area contributed by atoms with Gasteiger partial charge in [0.2, 0.25) is 5.89 Å². The maximum Gasteiger partial charge on any atom is 0.315 e. The predicted octanol–water partition coefficient (Wildman–Crippen LogP) is 3.85. The van der Waals surface area contributed by atoms with Gasteiger partial charge in [0.15, 0.2) is 0 Å². The normalized spacial score (nSPS) is 14.2. The summed E-state index contributed by atoms with van der Waals surface area (Å²) in [5.41, 5.74) is 2.43. The van der Waals surface area contributed by atoms with E-state index in [9.17, 15) is 0 Å². The molecule has 0 saturated heterocycles. The van der Waals surface area contributed by atoms with Crippen LogP contribution >= 0.6 is 11.6 Å². The minimum atomic E-state index is -0.276. The van der Waals surface area contributed by atoms with Crippen LogP contribution in [0.1, 0.15) is 42.3 Å². The predicted molar refractivity (Wildman–Crippen MR) is 71.8 cm³/mol. The number of anilines is 1. The molecule has 1 N–H and O–H groups in total. The van der Waals surface area contributed by atoms with Crippen molar-refractivity contribution in [1.29, 1.82) is 0 Å². The first-order valence-corrected chi connectivity index (χ1v) is 6.31. The smallest absolute Gasteiger partial charge is 0.315 e. The van der Waals surface area contributed by atoms with E-state index >= 15 is 0 Å². The van der Waals surface area contributed by atoms with Gasteiger partial charge in [-0.25, -0.2) is 0 Å². The second kappa shape index (κ2) is 5.40. The van der Waals surface area contributed by atoms with Crippen molar-refractivity contribution in [3.63, 3.8) is 0 Å². The fraction of sp³-hybridized carbons (Fsp3) is 0.385. The zero-order chi connectivity index (χ0) is 13.1. The van der Waals surface area contributed by atoms with E-state index in [2.05, 4.69) is 41.5 Å². The Morgan fingerprint density at radius 3 is 2.56 bits per heavy atom. The summed E-state index contributed by atoms with van der Waals surface area (Å²) in [6.07, 6.45) is 0. The van der Waals surface area contributed by atoms with Crippen molar-refractivity contribution < 1.29 is 4.42 Å². The first-order chi connectivity index (χ1) is 8.58. The molecule has 0 aliphatic carbocycles. The molecule has 2 unspecified atom stereocenters. The Morgan fingerprint density at radius 2 is 1.94 bits per heavy atom. The van der Waals surface area contributed by atoms with Crippen molar-refractivity contribution in [2.75, 3.05) is 5.32 Å². The molecule has 2 aromatic rings. The van der Waals surface area contributed by atoms with Gasteiger partial charge in [0, 0.05) is 0 Å². The van der Waals surface area contributed by atoms with Gasteiger partial charge in [0.05, 0.1) is 6.04 Å². The number of aromatic nitrogens is 2. The highest BCUT2D eigenvalue weighted by Crippen LogP contribution is 2.23. The fourth-order valence-corrected chi connectivity index (χ4v) is 1.88. The SMILES string of the molecule is Cc1ccccc1C(C)Nc1nnc(C(C)Cl)o1. The van der Waals surface area contributed by atoms with E-state index in [0.29, 0.717) is 11.9 Å². The van der Waals surface area contributed by atoms with Crippen LogP contribution < -0.4 is 5.32 Å². The molecule has 0 bridgehead atoms. The topological polar surface area (TPSA) is 51.0 Å². The maximum atomic E-state index is 5.87. The van der Waals surface area contributed by atoms with Gasteiger partial charge in [-0.15, -0.1) is 16.7 Å². The second-order valence-corrected chi connectivity index (χ2v) is 4.94. The van der Waals surface area contributed by atoms with Crippen LogP contribution in [0.5, 0.6) is 0 Å². The molecule has 0 aliphatic heterocycles. The molecular formula is C13H16ClN3O. The first-order valence-electron chi connectivity index (χ1n) is 5.87. The molecular weight excluding hydrogens is 250 g/mol. The van der Waals surface area contributed by atoms with Gasteiger partial charge in [-0.1, -0.05) is 29.4 Å². The lowest BCUT2D eigenvalue weighted by Crippen LogP contribution is -2.08. The largest absolute Gasteiger partial charge is 0.406 e. The lowest BCUT2D eigenvalue weighted by Gasteiger charge is -2.14. The summed E-state index contributed by atoms with van der Waals surface area (Å²) in [5.74, 6) is 0.427. The molecule has 1 aromatic heterocycles. The number of nitrogens with one attached hydrogen (secondary N) is 1. The van der Waals surface area contributed by atoms with Crippen LogP contribution in [0.25, 0.3) is 0 Å². The third-order valence-electron chi connectivity index (χ3n) is 2.78. The molecule has 18 heavy (non-hydrogen) atoms. The lowest BCUT2D eigenvalue weighted by atomic mass is 10.0. The Balaban J connectivity index is 2.11. The summed E-state index contributed by atoms with van der Waals surface area (Å²) in [7, 11) is 0. The molecule has 5 heteroatoms. The van der Waals surface area contributed by atoms with E-state index in [0.717, 1.165) is 0 Å². The highest BCUT2D eigenvalue weighted by molar-refractivity contribution is 6.20. The number of benzene rings is 1. The number of alkyl halides is 1. The van der Waals surface area contributed by atoms with Crippen molar-refractivity contribution in [2.24, 2.45) is 0 Å². The van der Waals surface area contributed by atoms with Crippen molar-refractivity contribution >= 4 is 17.6 Å². The second-order valence-electron chi connectivity index (χ2n) is 4.28. The van der Waals surface area contributed by atoms with Crippen molar-refractivity contribution in [1.82, 2.24) is 10.2 Å². The van der Waals surface area contributed by atoms with Crippen LogP contribution in [-0.4, -0.2) is 10.2 Å².